The smallest absolute Gasteiger partial charge is 0.229 e. The minimum absolute atomic E-state index is 0.404. The van der Waals surface area contributed by atoms with Gasteiger partial charge in [-0.15, -0.1) is 0 Å². The molecule has 0 aromatic heterocycles. The summed E-state index contributed by atoms with van der Waals surface area (Å²) in [5.41, 5.74) is 7.45. The van der Waals surface area contributed by atoms with E-state index >= 15 is 0 Å². The lowest BCUT2D eigenvalue weighted by Gasteiger charge is -2.39. The summed E-state index contributed by atoms with van der Waals surface area (Å²) in [6.45, 7) is 1.53. The SMILES string of the molecule is CCc1ccc(OC2OC(CO)C(O)C(O)C2O)c(NNC)c1. The van der Waals surface area contributed by atoms with Crippen LogP contribution in [0.5, 0.6) is 5.75 Å². The lowest BCUT2D eigenvalue weighted by atomic mass is 9.99. The van der Waals surface area contributed by atoms with Gasteiger partial charge in [-0.1, -0.05) is 13.0 Å². The normalized spacial score (nSPS) is 31.0. The van der Waals surface area contributed by atoms with Gasteiger partial charge in [0.15, 0.2) is 0 Å². The molecule has 1 aliphatic rings. The van der Waals surface area contributed by atoms with E-state index in [0.717, 1.165) is 12.0 Å². The van der Waals surface area contributed by atoms with Crippen molar-refractivity contribution in [1.82, 2.24) is 5.43 Å². The van der Waals surface area contributed by atoms with E-state index in [9.17, 15) is 20.4 Å². The first-order chi connectivity index (χ1) is 11.0. The fourth-order valence-corrected chi connectivity index (χ4v) is 2.42. The summed E-state index contributed by atoms with van der Waals surface area (Å²) in [7, 11) is 1.70. The highest BCUT2D eigenvalue weighted by atomic mass is 16.7. The van der Waals surface area contributed by atoms with Gasteiger partial charge in [0.2, 0.25) is 6.29 Å². The van der Waals surface area contributed by atoms with Gasteiger partial charge in [0.1, 0.15) is 30.2 Å². The second kappa shape index (κ2) is 7.91. The van der Waals surface area contributed by atoms with Crippen molar-refractivity contribution in [3.63, 3.8) is 0 Å². The Bertz CT molecular complexity index is 513. The van der Waals surface area contributed by atoms with E-state index < -0.39 is 37.3 Å². The summed E-state index contributed by atoms with van der Waals surface area (Å²) in [6, 6.07) is 5.48. The Kier molecular flexibility index (Phi) is 6.17. The molecule has 0 radical (unpaired) electrons. The summed E-state index contributed by atoms with van der Waals surface area (Å²) in [4.78, 5) is 0. The van der Waals surface area contributed by atoms with Crippen molar-refractivity contribution in [2.45, 2.75) is 44.1 Å². The van der Waals surface area contributed by atoms with Gasteiger partial charge in [-0.3, -0.25) is 0 Å². The molecule has 0 saturated carbocycles. The van der Waals surface area contributed by atoms with E-state index in [1.54, 1.807) is 13.1 Å². The summed E-state index contributed by atoms with van der Waals surface area (Å²) in [6.07, 6.45) is -5.70. The maximum Gasteiger partial charge on any atom is 0.229 e. The standard InChI is InChI=1S/C15H24N2O6/c1-3-8-4-5-10(9(6-8)17-16-2)22-15-14(21)13(20)12(19)11(7-18)23-15/h4-6,11-21H,3,7H2,1-2H3. The number of nitrogens with one attached hydrogen (secondary N) is 2. The summed E-state index contributed by atoms with van der Waals surface area (Å²) >= 11 is 0. The molecule has 6 N–H and O–H groups in total. The Hall–Kier alpha value is -1.42. The molecule has 1 saturated heterocycles. The Labute approximate surface area is 134 Å². The fourth-order valence-electron chi connectivity index (χ4n) is 2.42. The minimum Gasteiger partial charge on any atom is -0.460 e. The molecule has 0 bridgehead atoms. The number of ether oxygens (including phenoxy) is 2. The van der Waals surface area contributed by atoms with Crippen LogP contribution in [0.25, 0.3) is 0 Å². The van der Waals surface area contributed by atoms with Crippen LogP contribution in [0.15, 0.2) is 18.2 Å². The fraction of sp³-hybridized carbons (Fsp3) is 0.600. The summed E-state index contributed by atoms with van der Waals surface area (Å²) in [5, 5.41) is 38.8. The van der Waals surface area contributed by atoms with Crippen molar-refractivity contribution in [1.29, 1.82) is 0 Å². The molecule has 0 spiro atoms. The first-order valence-electron chi connectivity index (χ1n) is 7.54. The average molecular weight is 328 g/mol. The van der Waals surface area contributed by atoms with Crippen molar-refractivity contribution >= 4 is 5.69 Å². The molecule has 1 heterocycles. The van der Waals surface area contributed by atoms with Gasteiger partial charge >= 0.3 is 0 Å². The molecule has 130 valence electrons. The molecule has 0 aliphatic carbocycles. The second-order valence-electron chi connectivity index (χ2n) is 5.37. The lowest BCUT2D eigenvalue weighted by Crippen LogP contribution is -2.60. The first-order valence-corrected chi connectivity index (χ1v) is 7.54. The molecule has 2 rings (SSSR count). The van der Waals surface area contributed by atoms with E-state index in [1.165, 1.54) is 0 Å². The third-order valence-corrected chi connectivity index (χ3v) is 3.80. The van der Waals surface area contributed by atoms with Crippen LogP contribution < -0.4 is 15.6 Å². The summed E-state index contributed by atoms with van der Waals surface area (Å²) in [5.74, 6) is 0.404. The van der Waals surface area contributed by atoms with E-state index in [-0.39, 0.29) is 0 Å². The van der Waals surface area contributed by atoms with Gasteiger partial charge < -0.3 is 35.3 Å². The molecule has 8 nitrogen and oxygen atoms in total. The highest BCUT2D eigenvalue weighted by Gasteiger charge is 2.44. The van der Waals surface area contributed by atoms with Crippen LogP contribution >= 0.6 is 0 Å². The van der Waals surface area contributed by atoms with Crippen LogP contribution in [0.2, 0.25) is 0 Å². The third kappa shape index (κ3) is 3.92. The van der Waals surface area contributed by atoms with Gasteiger partial charge in [0.05, 0.1) is 12.3 Å². The number of aliphatic hydroxyl groups excluding tert-OH is 4. The molecule has 1 aromatic rings. The number of anilines is 1. The van der Waals surface area contributed by atoms with Crippen LogP contribution in [0.3, 0.4) is 0 Å². The number of benzene rings is 1. The zero-order valence-electron chi connectivity index (χ0n) is 13.1. The number of hydrazine groups is 1. The molecule has 1 fully saturated rings. The van der Waals surface area contributed by atoms with E-state index in [0.29, 0.717) is 11.4 Å². The van der Waals surface area contributed by atoms with E-state index in [4.69, 9.17) is 9.47 Å². The Morgan fingerprint density at radius 3 is 2.52 bits per heavy atom. The Morgan fingerprint density at radius 1 is 1.17 bits per heavy atom. The minimum atomic E-state index is -1.47. The molecule has 1 aromatic carbocycles. The Morgan fingerprint density at radius 2 is 1.91 bits per heavy atom. The van der Waals surface area contributed by atoms with Crippen molar-refractivity contribution < 1.29 is 29.9 Å². The molecular weight excluding hydrogens is 304 g/mol. The van der Waals surface area contributed by atoms with Crippen molar-refractivity contribution in [3.8, 4) is 5.75 Å². The van der Waals surface area contributed by atoms with Crippen LogP contribution in [-0.2, 0) is 11.2 Å². The number of hydrogen-bond donors (Lipinski definition) is 6. The molecule has 0 amide bonds. The Balaban J connectivity index is 2.20. The van der Waals surface area contributed by atoms with Crippen molar-refractivity contribution in [2.75, 3.05) is 19.1 Å². The molecular formula is C15H24N2O6. The van der Waals surface area contributed by atoms with Gasteiger partial charge in [0, 0.05) is 7.05 Å². The monoisotopic (exact) mass is 328 g/mol. The van der Waals surface area contributed by atoms with Crippen molar-refractivity contribution in [3.05, 3.63) is 23.8 Å². The second-order valence-corrected chi connectivity index (χ2v) is 5.37. The highest BCUT2D eigenvalue weighted by Crippen LogP contribution is 2.30. The van der Waals surface area contributed by atoms with Crippen LogP contribution in [0.4, 0.5) is 5.69 Å². The number of aliphatic hydroxyl groups is 4. The van der Waals surface area contributed by atoms with Gasteiger partial charge in [-0.25, -0.2) is 5.43 Å². The molecule has 5 atom stereocenters. The predicted molar refractivity (Wildman–Crippen MR) is 82.9 cm³/mol. The largest absolute Gasteiger partial charge is 0.460 e. The van der Waals surface area contributed by atoms with Crippen LogP contribution in [-0.4, -0.2) is 64.8 Å². The van der Waals surface area contributed by atoms with E-state index in [1.807, 2.05) is 19.1 Å². The lowest BCUT2D eigenvalue weighted by molar-refractivity contribution is -0.277. The van der Waals surface area contributed by atoms with Crippen molar-refractivity contribution in [2.24, 2.45) is 0 Å². The molecule has 1 aliphatic heterocycles. The zero-order chi connectivity index (χ0) is 17.0. The molecule has 5 unspecified atom stereocenters. The third-order valence-electron chi connectivity index (χ3n) is 3.80. The molecule has 23 heavy (non-hydrogen) atoms. The maximum absolute atomic E-state index is 10.0. The first kappa shape index (κ1) is 17.9. The number of rotatable bonds is 6. The maximum atomic E-state index is 10.0. The topological polar surface area (TPSA) is 123 Å². The average Bonchev–Trinajstić information content (AvgIpc) is 2.56. The number of hydrogen-bond acceptors (Lipinski definition) is 8. The van der Waals surface area contributed by atoms with Crippen LogP contribution in [0, 0.1) is 0 Å². The number of aryl methyl sites for hydroxylation is 1. The van der Waals surface area contributed by atoms with Crippen LogP contribution in [0.1, 0.15) is 12.5 Å². The predicted octanol–water partition coefficient (Wildman–Crippen LogP) is -1.03. The quantitative estimate of drug-likeness (QED) is 0.367. The molecule has 8 heteroatoms. The summed E-state index contributed by atoms with van der Waals surface area (Å²) < 4.78 is 11.0. The van der Waals surface area contributed by atoms with E-state index in [2.05, 4.69) is 10.9 Å². The van der Waals surface area contributed by atoms with Gasteiger partial charge in [-0.2, -0.15) is 0 Å². The van der Waals surface area contributed by atoms with Gasteiger partial charge in [0.25, 0.3) is 0 Å². The highest BCUT2D eigenvalue weighted by molar-refractivity contribution is 5.57. The van der Waals surface area contributed by atoms with Gasteiger partial charge in [-0.05, 0) is 24.1 Å². The zero-order valence-corrected chi connectivity index (χ0v) is 13.1.